The molecular formula is C17H16N2O2S. The first kappa shape index (κ1) is 14.7. The van der Waals surface area contributed by atoms with Gasteiger partial charge in [0.25, 0.3) is 0 Å². The Bertz CT molecular complexity index is 728. The summed E-state index contributed by atoms with van der Waals surface area (Å²) in [6, 6.07) is 14.8. The van der Waals surface area contributed by atoms with Crippen molar-refractivity contribution >= 4 is 35.0 Å². The number of nitrogen functional groups attached to an aromatic ring is 1. The molecule has 0 bridgehead atoms. The lowest BCUT2D eigenvalue weighted by Gasteiger charge is -2.15. The van der Waals surface area contributed by atoms with Crippen molar-refractivity contribution in [1.82, 2.24) is 0 Å². The fourth-order valence-electron chi connectivity index (χ4n) is 2.41. The molecule has 1 heterocycles. The lowest BCUT2D eigenvalue weighted by Crippen LogP contribution is -2.31. The molecule has 0 aromatic heterocycles. The molecule has 22 heavy (non-hydrogen) atoms. The van der Waals surface area contributed by atoms with Gasteiger partial charge in [0, 0.05) is 17.0 Å². The predicted molar refractivity (Wildman–Crippen MR) is 88.8 cm³/mol. The Labute approximate surface area is 133 Å². The van der Waals surface area contributed by atoms with Crippen LogP contribution in [0.5, 0.6) is 0 Å². The number of carbonyl (C=O) groups is 2. The molecule has 1 saturated heterocycles. The van der Waals surface area contributed by atoms with Gasteiger partial charge in [0.05, 0.1) is 10.9 Å². The third kappa shape index (κ3) is 2.85. The van der Waals surface area contributed by atoms with Crippen LogP contribution in [0.15, 0.2) is 53.4 Å². The van der Waals surface area contributed by atoms with E-state index in [9.17, 15) is 9.59 Å². The summed E-state index contributed by atoms with van der Waals surface area (Å²) in [4.78, 5) is 26.9. The second kappa shape index (κ2) is 5.85. The van der Waals surface area contributed by atoms with E-state index in [2.05, 4.69) is 0 Å². The Kier molecular flexibility index (Phi) is 3.90. The molecule has 3 rings (SSSR count). The summed E-state index contributed by atoms with van der Waals surface area (Å²) in [5.41, 5.74) is 8.13. The van der Waals surface area contributed by atoms with E-state index in [1.54, 1.807) is 18.2 Å². The highest BCUT2D eigenvalue weighted by Gasteiger charge is 2.40. The van der Waals surface area contributed by atoms with Crippen molar-refractivity contribution in [1.29, 1.82) is 0 Å². The van der Waals surface area contributed by atoms with Crippen LogP contribution in [-0.4, -0.2) is 17.1 Å². The van der Waals surface area contributed by atoms with Crippen LogP contribution in [0.25, 0.3) is 0 Å². The van der Waals surface area contributed by atoms with Gasteiger partial charge >= 0.3 is 0 Å². The highest BCUT2D eigenvalue weighted by Crippen LogP contribution is 2.34. The molecule has 0 spiro atoms. The van der Waals surface area contributed by atoms with Crippen molar-refractivity contribution in [2.75, 3.05) is 10.6 Å². The fourth-order valence-corrected chi connectivity index (χ4v) is 3.54. The lowest BCUT2D eigenvalue weighted by atomic mass is 10.2. The summed E-state index contributed by atoms with van der Waals surface area (Å²) < 4.78 is 0. The van der Waals surface area contributed by atoms with Crippen molar-refractivity contribution in [3.63, 3.8) is 0 Å². The van der Waals surface area contributed by atoms with Crippen LogP contribution < -0.4 is 10.6 Å². The summed E-state index contributed by atoms with van der Waals surface area (Å²) in [5, 5.41) is -0.393. The van der Waals surface area contributed by atoms with Crippen molar-refractivity contribution in [3.8, 4) is 0 Å². The molecule has 1 aliphatic heterocycles. The van der Waals surface area contributed by atoms with E-state index in [0.717, 1.165) is 10.5 Å². The number of hydrogen-bond acceptors (Lipinski definition) is 4. The summed E-state index contributed by atoms with van der Waals surface area (Å²) in [5.74, 6) is -0.323. The van der Waals surface area contributed by atoms with Gasteiger partial charge in [0.1, 0.15) is 0 Å². The van der Waals surface area contributed by atoms with Crippen molar-refractivity contribution in [3.05, 3.63) is 54.1 Å². The normalized spacial score (nSPS) is 18.0. The molecular weight excluding hydrogens is 296 g/mol. The van der Waals surface area contributed by atoms with Gasteiger partial charge in [0.15, 0.2) is 0 Å². The van der Waals surface area contributed by atoms with Crippen LogP contribution in [0.1, 0.15) is 12.0 Å². The summed E-state index contributed by atoms with van der Waals surface area (Å²) in [6.45, 7) is 1.97. The average Bonchev–Trinajstić information content (AvgIpc) is 2.75. The molecule has 1 aliphatic rings. The van der Waals surface area contributed by atoms with Crippen LogP contribution in [-0.2, 0) is 9.59 Å². The van der Waals surface area contributed by atoms with Crippen molar-refractivity contribution in [2.45, 2.75) is 23.5 Å². The number of nitrogens with zero attached hydrogens (tertiary/aromatic N) is 1. The molecule has 0 saturated carbocycles. The minimum Gasteiger partial charge on any atom is -0.399 e. The zero-order chi connectivity index (χ0) is 15.7. The number of aryl methyl sites for hydroxylation is 1. The molecule has 0 unspecified atom stereocenters. The number of benzene rings is 2. The number of rotatable bonds is 3. The van der Waals surface area contributed by atoms with Crippen molar-refractivity contribution < 1.29 is 9.59 Å². The van der Waals surface area contributed by atoms with E-state index in [1.165, 1.54) is 16.7 Å². The quantitative estimate of drug-likeness (QED) is 0.699. The van der Waals surface area contributed by atoms with E-state index in [0.29, 0.717) is 11.4 Å². The molecule has 2 N–H and O–H groups in total. The molecule has 2 aromatic rings. The fraction of sp³-hybridized carbons (Fsp3) is 0.176. The maximum Gasteiger partial charge on any atom is 0.247 e. The Morgan fingerprint density at radius 2 is 1.86 bits per heavy atom. The van der Waals surface area contributed by atoms with Crippen LogP contribution >= 0.6 is 11.8 Å². The van der Waals surface area contributed by atoms with Gasteiger partial charge in [-0.2, -0.15) is 0 Å². The number of carbonyl (C=O) groups excluding carboxylic acids is 2. The van der Waals surface area contributed by atoms with E-state index in [-0.39, 0.29) is 18.2 Å². The molecule has 1 atom stereocenters. The maximum atomic E-state index is 12.5. The lowest BCUT2D eigenvalue weighted by molar-refractivity contribution is -0.121. The van der Waals surface area contributed by atoms with Gasteiger partial charge < -0.3 is 5.73 Å². The molecule has 5 heteroatoms. The predicted octanol–water partition coefficient (Wildman–Crippen LogP) is 3.00. The standard InChI is InChI=1S/C17H16N2O2S/c1-11-5-7-13(8-6-11)19-16(20)10-15(17(19)21)22-14-4-2-3-12(18)9-14/h2-9,15H,10,18H2,1H3/t15-/m1/s1. The highest BCUT2D eigenvalue weighted by atomic mass is 32.2. The third-order valence-electron chi connectivity index (χ3n) is 3.53. The van der Waals surface area contributed by atoms with Gasteiger partial charge in [-0.25, -0.2) is 4.90 Å². The van der Waals surface area contributed by atoms with E-state index >= 15 is 0 Å². The molecule has 2 amide bonds. The zero-order valence-corrected chi connectivity index (χ0v) is 13.0. The number of thioether (sulfide) groups is 1. The molecule has 1 fully saturated rings. The van der Waals surface area contributed by atoms with Gasteiger partial charge in [-0.05, 0) is 37.3 Å². The van der Waals surface area contributed by atoms with Gasteiger partial charge in [-0.1, -0.05) is 23.8 Å². The first-order chi connectivity index (χ1) is 10.5. The minimum atomic E-state index is -0.393. The molecule has 0 aliphatic carbocycles. The smallest absolute Gasteiger partial charge is 0.247 e. The minimum absolute atomic E-state index is 0.157. The Balaban J connectivity index is 1.81. The number of amides is 2. The zero-order valence-electron chi connectivity index (χ0n) is 12.2. The van der Waals surface area contributed by atoms with Crippen molar-refractivity contribution in [2.24, 2.45) is 0 Å². The van der Waals surface area contributed by atoms with Gasteiger partial charge in [-0.15, -0.1) is 11.8 Å². The van der Waals surface area contributed by atoms with Crippen LogP contribution in [0.2, 0.25) is 0 Å². The van der Waals surface area contributed by atoms with Gasteiger partial charge in [-0.3, -0.25) is 9.59 Å². The molecule has 2 aromatic carbocycles. The topological polar surface area (TPSA) is 63.4 Å². The number of hydrogen-bond donors (Lipinski definition) is 1. The third-order valence-corrected chi connectivity index (χ3v) is 4.71. The number of anilines is 2. The SMILES string of the molecule is Cc1ccc(N2C(=O)C[C@@H](Sc3cccc(N)c3)C2=O)cc1. The highest BCUT2D eigenvalue weighted by molar-refractivity contribution is 8.00. The monoisotopic (exact) mass is 312 g/mol. The van der Waals surface area contributed by atoms with E-state index in [1.807, 2.05) is 37.3 Å². The Hall–Kier alpha value is -2.27. The largest absolute Gasteiger partial charge is 0.399 e. The van der Waals surface area contributed by atoms with E-state index in [4.69, 9.17) is 5.73 Å². The van der Waals surface area contributed by atoms with Crippen LogP contribution in [0, 0.1) is 6.92 Å². The Morgan fingerprint density at radius 1 is 1.14 bits per heavy atom. The van der Waals surface area contributed by atoms with Crippen LogP contribution in [0.3, 0.4) is 0 Å². The first-order valence-corrected chi connectivity index (χ1v) is 7.88. The molecule has 4 nitrogen and oxygen atoms in total. The summed E-state index contributed by atoms with van der Waals surface area (Å²) in [7, 11) is 0. The second-order valence-electron chi connectivity index (χ2n) is 5.29. The number of nitrogens with two attached hydrogens (primary N) is 1. The van der Waals surface area contributed by atoms with Crippen LogP contribution in [0.4, 0.5) is 11.4 Å². The number of imide groups is 1. The molecule has 0 radical (unpaired) electrons. The van der Waals surface area contributed by atoms with E-state index < -0.39 is 5.25 Å². The molecule has 112 valence electrons. The maximum absolute atomic E-state index is 12.5. The second-order valence-corrected chi connectivity index (χ2v) is 6.56. The average molecular weight is 312 g/mol. The summed E-state index contributed by atoms with van der Waals surface area (Å²) >= 11 is 1.39. The van der Waals surface area contributed by atoms with Gasteiger partial charge in [0.2, 0.25) is 11.8 Å². The summed E-state index contributed by atoms with van der Waals surface area (Å²) in [6.07, 6.45) is 0.214. The first-order valence-electron chi connectivity index (χ1n) is 7.00. The Morgan fingerprint density at radius 3 is 2.55 bits per heavy atom.